The molecule has 0 bridgehead atoms. The lowest BCUT2D eigenvalue weighted by atomic mass is 10.2. The van der Waals surface area contributed by atoms with Gasteiger partial charge in [-0.2, -0.15) is 4.31 Å². The molecule has 2 atom stereocenters. The third kappa shape index (κ3) is 3.13. The molecule has 1 aromatic carbocycles. The smallest absolute Gasteiger partial charge is 0.335 e. The number of nitrogens with zero attached hydrogens (tertiary/aromatic N) is 1. The van der Waals surface area contributed by atoms with Gasteiger partial charge in [0.25, 0.3) is 0 Å². The molecule has 1 heterocycles. The fourth-order valence-electron chi connectivity index (χ4n) is 2.37. The Bertz CT molecular complexity index is 661. The standard InChI is InChI=1S/C13H16BrNO5S/c1-8-11(5-6-20-8)15(2)21(18,19)12-7-9(13(16)17)3-4-10(12)14/h3-4,7-8,11H,5-6H2,1-2H3,(H,16,17). The zero-order chi connectivity index (χ0) is 15.8. The molecule has 0 aromatic heterocycles. The summed E-state index contributed by atoms with van der Waals surface area (Å²) in [5, 5.41) is 9.01. The van der Waals surface area contributed by atoms with Crippen molar-refractivity contribution in [3.8, 4) is 0 Å². The first-order chi connectivity index (χ1) is 9.75. The second kappa shape index (κ2) is 6.04. The summed E-state index contributed by atoms with van der Waals surface area (Å²) < 4.78 is 32.4. The molecule has 0 aliphatic carbocycles. The maximum absolute atomic E-state index is 12.7. The molecule has 1 aliphatic rings. The molecular formula is C13H16BrNO5S. The Kier molecular flexibility index (Phi) is 4.72. The van der Waals surface area contributed by atoms with E-state index in [4.69, 9.17) is 9.84 Å². The number of carbonyl (C=O) groups is 1. The highest BCUT2D eigenvalue weighted by Crippen LogP contribution is 2.29. The number of ether oxygens (including phenoxy) is 1. The Labute approximate surface area is 131 Å². The van der Waals surface area contributed by atoms with E-state index in [1.165, 1.54) is 29.6 Å². The van der Waals surface area contributed by atoms with Crippen LogP contribution in [0.1, 0.15) is 23.7 Å². The van der Waals surface area contributed by atoms with Crippen LogP contribution in [0.25, 0.3) is 0 Å². The maximum atomic E-state index is 12.7. The average molecular weight is 378 g/mol. The number of halogens is 1. The van der Waals surface area contributed by atoms with Gasteiger partial charge in [-0.05, 0) is 47.5 Å². The van der Waals surface area contributed by atoms with Gasteiger partial charge in [0.2, 0.25) is 10.0 Å². The summed E-state index contributed by atoms with van der Waals surface area (Å²) >= 11 is 3.18. The van der Waals surface area contributed by atoms with Gasteiger partial charge in [-0.3, -0.25) is 0 Å². The van der Waals surface area contributed by atoms with Crippen LogP contribution in [-0.4, -0.2) is 49.6 Å². The first kappa shape index (κ1) is 16.4. The van der Waals surface area contributed by atoms with E-state index in [1.807, 2.05) is 6.92 Å². The van der Waals surface area contributed by atoms with E-state index in [9.17, 15) is 13.2 Å². The van der Waals surface area contributed by atoms with E-state index >= 15 is 0 Å². The summed E-state index contributed by atoms with van der Waals surface area (Å²) in [7, 11) is -2.31. The molecule has 1 aromatic rings. The van der Waals surface area contributed by atoms with E-state index in [-0.39, 0.29) is 22.6 Å². The van der Waals surface area contributed by atoms with Crippen molar-refractivity contribution in [2.75, 3.05) is 13.7 Å². The maximum Gasteiger partial charge on any atom is 0.335 e. The van der Waals surface area contributed by atoms with Crippen LogP contribution in [0.2, 0.25) is 0 Å². The minimum absolute atomic E-state index is 0.0519. The fourth-order valence-corrected chi connectivity index (χ4v) is 4.76. The zero-order valence-corrected chi connectivity index (χ0v) is 14.0. The van der Waals surface area contributed by atoms with E-state index in [0.717, 1.165) is 0 Å². The lowest BCUT2D eigenvalue weighted by Gasteiger charge is -2.26. The summed E-state index contributed by atoms with van der Waals surface area (Å²) in [4.78, 5) is 11.0. The molecule has 0 spiro atoms. The molecule has 6 nitrogen and oxygen atoms in total. The Morgan fingerprint density at radius 1 is 1.48 bits per heavy atom. The van der Waals surface area contributed by atoms with Gasteiger partial charge in [-0.15, -0.1) is 0 Å². The number of sulfonamides is 1. The third-order valence-corrected chi connectivity index (χ3v) is 6.52. The summed E-state index contributed by atoms with van der Waals surface area (Å²) in [5.41, 5.74) is -0.0686. The molecule has 1 saturated heterocycles. The van der Waals surface area contributed by atoms with Crippen LogP contribution in [0.15, 0.2) is 27.6 Å². The predicted molar refractivity (Wildman–Crippen MR) is 79.9 cm³/mol. The number of rotatable bonds is 4. The topological polar surface area (TPSA) is 83.9 Å². The van der Waals surface area contributed by atoms with Crippen molar-refractivity contribution in [1.82, 2.24) is 4.31 Å². The molecule has 0 radical (unpaired) electrons. The quantitative estimate of drug-likeness (QED) is 0.866. The van der Waals surface area contributed by atoms with Gasteiger partial charge < -0.3 is 9.84 Å². The summed E-state index contributed by atoms with van der Waals surface area (Å²) in [6, 6.07) is 3.69. The third-order valence-electron chi connectivity index (χ3n) is 3.64. The lowest BCUT2D eigenvalue weighted by molar-refractivity contribution is 0.0696. The second-order valence-corrected chi connectivity index (χ2v) is 7.72. The normalized spacial score (nSPS) is 22.7. The molecule has 2 rings (SSSR count). The number of hydrogen-bond acceptors (Lipinski definition) is 4. The Balaban J connectivity index is 2.43. The van der Waals surface area contributed by atoms with Crippen LogP contribution in [0, 0.1) is 0 Å². The van der Waals surface area contributed by atoms with E-state index in [2.05, 4.69) is 15.9 Å². The molecule has 1 fully saturated rings. The number of likely N-dealkylation sites (N-methyl/N-ethyl adjacent to an activating group) is 1. The van der Waals surface area contributed by atoms with Crippen molar-refractivity contribution in [2.24, 2.45) is 0 Å². The Hall–Kier alpha value is -0.960. The summed E-state index contributed by atoms with van der Waals surface area (Å²) in [6.45, 7) is 2.34. The van der Waals surface area contributed by atoms with Crippen LogP contribution >= 0.6 is 15.9 Å². The highest BCUT2D eigenvalue weighted by atomic mass is 79.9. The summed E-state index contributed by atoms with van der Waals surface area (Å²) in [5.74, 6) is -1.17. The van der Waals surface area contributed by atoms with Crippen molar-refractivity contribution in [3.63, 3.8) is 0 Å². The van der Waals surface area contributed by atoms with Crippen LogP contribution in [0.5, 0.6) is 0 Å². The molecule has 1 aliphatic heterocycles. The van der Waals surface area contributed by atoms with Crippen LogP contribution in [0.4, 0.5) is 0 Å². The van der Waals surface area contributed by atoms with Crippen LogP contribution in [-0.2, 0) is 14.8 Å². The average Bonchev–Trinajstić information content (AvgIpc) is 2.83. The number of carboxylic acids is 1. The van der Waals surface area contributed by atoms with Crippen molar-refractivity contribution in [1.29, 1.82) is 0 Å². The number of benzene rings is 1. The predicted octanol–water partition coefficient (Wildman–Crippen LogP) is 1.95. The molecule has 2 unspecified atom stereocenters. The highest BCUT2D eigenvalue weighted by Gasteiger charge is 2.36. The minimum atomic E-state index is -3.80. The largest absolute Gasteiger partial charge is 0.478 e. The first-order valence-corrected chi connectivity index (χ1v) is 8.61. The molecule has 8 heteroatoms. The van der Waals surface area contributed by atoms with E-state index in [1.54, 1.807) is 0 Å². The lowest BCUT2D eigenvalue weighted by Crippen LogP contribution is -2.41. The Morgan fingerprint density at radius 3 is 2.67 bits per heavy atom. The number of aromatic carboxylic acids is 1. The molecule has 21 heavy (non-hydrogen) atoms. The number of carboxylic acid groups (broad SMARTS) is 1. The summed E-state index contributed by atoms with van der Waals surface area (Å²) in [6.07, 6.45) is 0.429. The van der Waals surface area contributed by atoms with E-state index < -0.39 is 16.0 Å². The van der Waals surface area contributed by atoms with Gasteiger partial charge in [0.15, 0.2) is 0 Å². The van der Waals surface area contributed by atoms with Gasteiger partial charge in [0, 0.05) is 18.1 Å². The Morgan fingerprint density at radius 2 is 2.14 bits per heavy atom. The van der Waals surface area contributed by atoms with Crippen molar-refractivity contribution in [2.45, 2.75) is 30.4 Å². The fraction of sp³-hybridized carbons (Fsp3) is 0.462. The van der Waals surface area contributed by atoms with Crippen LogP contribution in [0.3, 0.4) is 0 Å². The van der Waals surface area contributed by atoms with Crippen molar-refractivity contribution in [3.05, 3.63) is 28.2 Å². The SMILES string of the molecule is CC1OCCC1N(C)S(=O)(=O)c1cc(C(=O)O)ccc1Br. The highest BCUT2D eigenvalue weighted by molar-refractivity contribution is 9.10. The zero-order valence-electron chi connectivity index (χ0n) is 11.6. The van der Waals surface area contributed by atoms with Crippen molar-refractivity contribution < 1.29 is 23.1 Å². The molecule has 116 valence electrons. The van der Waals surface area contributed by atoms with Gasteiger partial charge in [0.1, 0.15) is 0 Å². The van der Waals surface area contributed by atoms with Crippen molar-refractivity contribution >= 4 is 31.9 Å². The monoisotopic (exact) mass is 377 g/mol. The van der Waals surface area contributed by atoms with Gasteiger partial charge in [0.05, 0.1) is 22.6 Å². The van der Waals surface area contributed by atoms with Gasteiger partial charge >= 0.3 is 5.97 Å². The molecule has 1 N–H and O–H groups in total. The molecule has 0 amide bonds. The second-order valence-electron chi connectivity index (χ2n) is 4.90. The first-order valence-electron chi connectivity index (χ1n) is 6.37. The van der Waals surface area contributed by atoms with E-state index in [0.29, 0.717) is 17.5 Å². The molecule has 0 saturated carbocycles. The van der Waals surface area contributed by atoms with Gasteiger partial charge in [-0.25, -0.2) is 13.2 Å². The van der Waals surface area contributed by atoms with Gasteiger partial charge in [-0.1, -0.05) is 0 Å². The molecular weight excluding hydrogens is 362 g/mol. The minimum Gasteiger partial charge on any atom is -0.478 e. The van der Waals surface area contributed by atoms with Crippen LogP contribution < -0.4 is 0 Å². The number of hydrogen-bond donors (Lipinski definition) is 1.